The molecular formula is C31H36F3NO6. The van der Waals surface area contributed by atoms with Crippen LogP contribution in [0.15, 0.2) is 52.9 Å². The van der Waals surface area contributed by atoms with Crippen molar-refractivity contribution in [3.63, 3.8) is 0 Å². The van der Waals surface area contributed by atoms with Gasteiger partial charge in [-0.3, -0.25) is 0 Å². The highest BCUT2D eigenvalue weighted by atomic mass is 19.4. The van der Waals surface area contributed by atoms with Crippen LogP contribution >= 0.6 is 0 Å². The van der Waals surface area contributed by atoms with E-state index < -0.39 is 23.8 Å². The molecule has 1 saturated carbocycles. The van der Waals surface area contributed by atoms with Gasteiger partial charge in [0.25, 0.3) is 0 Å². The van der Waals surface area contributed by atoms with Gasteiger partial charge in [0.1, 0.15) is 11.5 Å². The molecule has 1 aliphatic rings. The number of hydrogen-bond acceptors (Lipinski definition) is 6. The van der Waals surface area contributed by atoms with Crippen molar-refractivity contribution >= 4 is 5.97 Å². The first-order valence-corrected chi connectivity index (χ1v) is 13.8. The van der Waals surface area contributed by atoms with E-state index in [-0.39, 0.29) is 19.1 Å². The van der Waals surface area contributed by atoms with Gasteiger partial charge in [-0.1, -0.05) is 36.2 Å². The summed E-state index contributed by atoms with van der Waals surface area (Å²) in [4.78, 5) is 16.2. The minimum atomic E-state index is -4.43. The number of nitrogens with zero attached hydrogens (tertiary/aromatic N) is 1. The molecule has 1 aromatic heterocycles. The van der Waals surface area contributed by atoms with Gasteiger partial charge >= 0.3 is 12.1 Å². The summed E-state index contributed by atoms with van der Waals surface area (Å²) in [6.07, 6.45) is -1.65. The highest BCUT2D eigenvalue weighted by Crippen LogP contribution is 2.31. The maximum atomic E-state index is 12.7. The molecule has 3 aromatic rings. The summed E-state index contributed by atoms with van der Waals surface area (Å²) >= 11 is 0. The lowest BCUT2D eigenvalue weighted by Crippen LogP contribution is -2.31. The van der Waals surface area contributed by atoms with Crippen molar-refractivity contribution in [3.05, 3.63) is 76.7 Å². The summed E-state index contributed by atoms with van der Waals surface area (Å²) < 4.78 is 61.2. The summed E-state index contributed by atoms with van der Waals surface area (Å²) in [6, 6.07) is 12.5. The Morgan fingerprint density at radius 3 is 2.41 bits per heavy atom. The average molecular weight is 576 g/mol. The van der Waals surface area contributed by atoms with E-state index in [1.807, 2.05) is 38.1 Å². The third kappa shape index (κ3) is 9.14. The molecule has 0 spiro atoms. The van der Waals surface area contributed by atoms with Gasteiger partial charge in [0, 0.05) is 18.8 Å². The van der Waals surface area contributed by atoms with Gasteiger partial charge in [-0.25, -0.2) is 9.78 Å². The van der Waals surface area contributed by atoms with Crippen molar-refractivity contribution < 1.29 is 41.7 Å². The fraction of sp³-hybridized carbons (Fsp3) is 0.484. The van der Waals surface area contributed by atoms with Crippen LogP contribution in [0, 0.1) is 25.7 Å². The number of rotatable bonds is 13. The molecule has 0 saturated heterocycles. The van der Waals surface area contributed by atoms with Crippen LogP contribution in [0.1, 0.15) is 53.8 Å². The predicted molar refractivity (Wildman–Crippen MR) is 145 cm³/mol. The minimum absolute atomic E-state index is 0.126. The Morgan fingerprint density at radius 1 is 1.05 bits per heavy atom. The molecule has 1 N–H and O–H groups in total. The predicted octanol–water partition coefficient (Wildman–Crippen LogP) is 6.99. The molecule has 2 aromatic carbocycles. The first-order chi connectivity index (χ1) is 19.6. The van der Waals surface area contributed by atoms with E-state index in [2.05, 4.69) is 4.98 Å². The van der Waals surface area contributed by atoms with Crippen molar-refractivity contribution in [1.29, 1.82) is 0 Å². The smallest absolute Gasteiger partial charge is 0.416 e. The molecule has 0 radical (unpaired) electrons. The molecule has 3 unspecified atom stereocenters. The second-order valence-corrected chi connectivity index (χ2v) is 10.7. The standard InChI is InChI=1S/C31H36F3NO6/c1-20-5-3-8-25(13-20)29-35-27(21(2)41-29)18-38-15-23-6-4-7-24(14-23)16-39-19-28(30(36)37)40-17-22-9-11-26(12-10-22)31(32,33)34/h3,5,8-13,23-24,28H,4,6-7,14-19H2,1-2H3,(H,36,37). The van der Waals surface area contributed by atoms with Gasteiger partial charge in [0.05, 0.1) is 25.4 Å². The van der Waals surface area contributed by atoms with Crippen LogP contribution in [0.25, 0.3) is 11.5 Å². The van der Waals surface area contributed by atoms with E-state index in [4.69, 9.17) is 18.6 Å². The molecule has 0 aliphatic heterocycles. The zero-order valence-corrected chi connectivity index (χ0v) is 23.3. The number of carbonyl (C=O) groups is 1. The average Bonchev–Trinajstić information content (AvgIpc) is 3.30. The number of benzene rings is 2. The number of alkyl halides is 3. The Morgan fingerprint density at radius 2 is 1.76 bits per heavy atom. The number of aromatic nitrogens is 1. The molecule has 3 atom stereocenters. The Kier molecular flexibility index (Phi) is 10.6. The van der Waals surface area contributed by atoms with Gasteiger partial charge in [-0.2, -0.15) is 13.2 Å². The van der Waals surface area contributed by atoms with Gasteiger partial charge < -0.3 is 23.7 Å². The third-order valence-corrected chi connectivity index (χ3v) is 7.27. The summed E-state index contributed by atoms with van der Waals surface area (Å²) in [6.45, 7) is 5.02. The normalized spacial score (nSPS) is 18.4. The number of ether oxygens (including phenoxy) is 3. The van der Waals surface area contributed by atoms with Crippen LogP contribution in [0.4, 0.5) is 13.2 Å². The zero-order valence-electron chi connectivity index (χ0n) is 23.3. The third-order valence-electron chi connectivity index (χ3n) is 7.27. The molecule has 1 fully saturated rings. The molecule has 10 heteroatoms. The lowest BCUT2D eigenvalue weighted by molar-refractivity contribution is -0.156. The van der Waals surface area contributed by atoms with Crippen LogP contribution in [0.2, 0.25) is 0 Å². The number of halogens is 3. The number of hydrogen-bond donors (Lipinski definition) is 1. The maximum Gasteiger partial charge on any atom is 0.416 e. The number of carboxylic acids is 1. The van der Waals surface area contributed by atoms with Crippen LogP contribution in [-0.2, 0) is 38.4 Å². The van der Waals surface area contributed by atoms with Crippen molar-refractivity contribution in [1.82, 2.24) is 4.98 Å². The van der Waals surface area contributed by atoms with E-state index >= 15 is 0 Å². The van der Waals surface area contributed by atoms with Crippen LogP contribution in [0.3, 0.4) is 0 Å². The Hall–Kier alpha value is -3.21. The second-order valence-electron chi connectivity index (χ2n) is 10.7. The first-order valence-electron chi connectivity index (χ1n) is 13.8. The monoisotopic (exact) mass is 575 g/mol. The summed E-state index contributed by atoms with van der Waals surface area (Å²) in [5, 5.41) is 9.49. The number of aliphatic carboxylic acids is 1. The largest absolute Gasteiger partial charge is 0.479 e. The lowest BCUT2D eigenvalue weighted by atomic mass is 9.82. The first kappa shape index (κ1) is 30.7. The van der Waals surface area contributed by atoms with Crippen molar-refractivity contribution in [3.8, 4) is 11.5 Å². The molecular weight excluding hydrogens is 539 g/mol. The number of oxazole rings is 1. The van der Waals surface area contributed by atoms with Crippen molar-refractivity contribution in [2.45, 2.75) is 65.0 Å². The van der Waals surface area contributed by atoms with Crippen LogP contribution in [-0.4, -0.2) is 42.0 Å². The fourth-order valence-electron chi connectivity index (χ4n) is 5.01. The highest BCUT2D eigenvalue weighted by molar-refractivity contribution is 5.72. The summed E-state index contributed by atoms with van der Waals surface area (Å²) in [7, 11) is 0. The topological polar surface area (TPSA) is 91.0 Å². The van der Waals surface area contributed by atoms with Crippen molar-refractivity contribution in [2.75, 3.05) is 19.8 Å². The van der Waals surface area contributed by atoms with Crippen molar-refractivity contribution in [2.24, 2.45) is 11.8 Å². The Balaban J connectivity index is 1.18. The van der Waals surface area contributed by atoms with Crippen LogP contribution < -0.4 is 0 Å². The molecule has 1 heterocycles. The molecule has 7 nitrogen and oxygen atoms in total. The quantitative estimate of drug-likeness (QED) is 0.235. The molecule has 222 valence electrons. The van der Waals surface area contributed by atoms with E-state index in [1.54, 1.807) is 0 Å². The maximum absolute atomic E-state index is 12.7. The molecule has 41 heavy (non-hydrogen) atoms. The summed E-state index contributed by atoms with van der Waals surface area (Å²) in [5.74, 6) is 0.795. The van der Waals surface area contributed by atoms with E-state index in [1.165, 1.54) is 12.1 Å². The van der Waals surface area contributed by atoms with Gasteiger partial charge in [0.2, 0.25) is 5.89 Å². The number of aryl methyl sites for hydroxylation is 2. The Bertz CT molecular complexity index is 1270. The SMILES string of the molecule is Cc1cccc(-c2nc(COCC3CCCC(COCC(OCc4ccc(C(F)(F)F)cc4)C(=O)O)C3)c(C)o2)c1. The zero-order chi connectivity index (χ0) is 29.4. The van der Waals surface area contributed by atoms with Gasteiger partial charge in [0.15, 0.2) is 6.10 Å². The molecule has 1 aliphatic carbocycles. The lowest BCUT2D eigenvalue weighted by Gasteiger charge is -2.29. The van der Waals surface area contributed by atoms with Gasteiger partial charge in [-0.15, -0.1) is 0 Å². The molecule has 0 amide bonds. The molecule has 0 bridgehead atoms. The highest BCUT2D eigenvalue weighted by Gasteiger charge is 2.30. The minimum Gasteiger partial charge on any atom is -0.479 e. The van der Waals surface area contributed by atoms with E-state index in [0.717, 1.165) is 60.4 Å². The van der Waals surface area contributed by atoms with Crippen LogP contribution in [0.5, 0.6) is 0 Å². The number of carboxylic acid groups (broad SMARTS) is 1. The van der Waals surface area contributed by atoms with E-state index in [0.29, 0.717) is 37.2 Å². The fourth-order valence-corrected chi connectivity index (χ4v) is 5.01. The molecule has 4 rings (SSSR count). The summed E-state index contributed by atoms with van der Waals surface area (Å²) in [5.41, 5.74) is 2.54. The Labute approximate surface area is 237 Å². The van der Waals surface area contributed by atoms with Gasteiger partial charge in [-0.05, 0) is 74.8 Å². The second kappa shape index (κ2) is 14.1. The van der Waals surface area contributed by atoms with E-state index in [9.17, 15) is 23.1 Å².